The average molecular weight is 508 g/mol. The molecule has 0 unspecified atom stereocenters. The van der Waals surface area contributed by atoms with Crippen LogP contribution in [0.3, 0.4) is 0 Å². The quantitative estimate of drug-likeness (QED) is 0.432. The topological polar surface area (TPSA) is 134 Å². The molecule has 5 heterocycles. The summed E-state index contributed by atoms with van der Waals surface area (Å²) < 4.78 is 1.66. The predicted octanol–water partition coefficient (Wildman–Crippen LogP) is 3.49. The first kappa shape index (κ1) is 24.0. The third-order valence-corrected chi connectivity index (χ3v) is 7.45. The summed E-state index contributed by atoms with van der Waals surface area (Å²) >= 11 is 1.48. The van der Waals surface area contributed by atoms with Crippen molar-refractivity contribution in [1.82, 2.24) is 39.9 Å². The standard InChI is InChI=1S/C24H29N9O2S/c1-13-10-19-29-30-20(14(2)33(19)31-13)23(35)32-8-6-15(7-9-32)22-25-16(12-36-22)21(34)26-18-11-17(27-28-18)24(3,4)5/h10-12,15H,6-9H2,1-5H3,(H2,26,27,28,34). The van der Waals surface area contributed by atoms with Gasteiger partial charge >= 0.3 is 0 Å². The molecular formula is C24H29N9O2S. The highest BCUT2D eigenvalue weighted by atomic mass is 32.1. The SMILES string of the molecule is Cc1cc2nnc(C(=O)N3CCC(c4nc(C(=O)Nc5cc(C(C)(C)C)[nH]n5)cs4)CC3)c(C)n2n1. The molecule has 0 spiro atoms. The minimum Gasteiger partial charge on any atom is -0.337 e. The zero-order valence-corrected chi connectivity index (χ0v) is 21.8. The molecule has 1 aliphatic heterocycles. The Balaban J connectivity index is 1.21. The fraction of sp³-hybridized carbons (Fsp3) is 0.458. The molecule has 0 aromatic carbocycles. The van der Waals surface area contributed by atoms with E-state index in [1.807, 2.05) is 26.0 Å². The van der Waals surface area contributed by atoms with E-state index in [2.05, 4.69) is 56.6 Å². The first-order valence-electron chi connectivity index (χ1n) is 11.9. The number of nitrogens with one attached hydrogen (secondary N) is 2. The molecule has 0 radical (unpaired) electrons. The molecule has 12 heteroatoms. The zero-order valence-electron chi connectivity index (χ0n) is 21.0. The van der Waals surface area contributed by atoms with Gasteiger partial charge in [-0.15, -0.1) is 21.5 Å². The van der Waals surface area contributed by atoms with Crippen LogP contribution in [0, 0.1) is 13.8 Å². The summed E-state index contributed by atoms with van der Waals surface area (Å²) in [5.74, 6) is 0.256. The lowest BCUT2D eigenvalue weighted by Gasteiger charge is -2.31. The Hall–Kier alpha value is -3.67. The van der Waals surface area contributed by atoms with E-state index in [1.54, 1.807) is 14.8 Å². The minimum atomic E-state index is -0.282. The monoisotopic (exact) mass is 507 g/mol. The zero-order chi connectivity index (χ0) is 25.6. The van der Waals surface area contributed by atoms with Crippen LogP contribution < -0.4 is 5.32 Å². The van der Waals surface area contributed by atoms with Gasteiger partial charge < -0.3 is 10.2 Å². The molecule has 11 nitrogen and oxygen atoms in total. The number of hydrogen-bond acceptors (Lipinski definition) is 8. The van der Waals surface area contributed by atoms with Gasteiger partial charge in [0.1, 0.15) is 5.69 Å². The molecule has 2 N–H and O–H groups in total. The number of fused-ring (bicyclic) bond motifs is 1. The Kier molecular flexibility index (Phi) is 6.07. The van der Waals surface area contributed by atoms with Crippen LogP contribution in [0.25, 0.3) is 5.65 Å². The van der Waals surface area contributed by atoms with Crippen molar-refractivity contribution in [3.8, 4) is 0 Å². The first-order chi connectivity index (χ1) is 17.1. The lowest BCUT2D eigenvalue weighted by molar-refractivity contribution is 0.0704. The van der Waals surface area contributed by atoms with Gasteiger partial charge in [0.05, 0.1) is 16.4 Å². The van der Waals surface area contributed by atoms with Gasteiger partial charge in [0.2, 0.25) is 0 Å². The van der Waals surface area contributed by atoms with E-state index in [9.17, 15) is 9.59 Å². The first-order valence-corrected chi connectivity index (χ1v) is 12.8. The van der Waals surface area contributed by atoms with E-state index in [-0.39, 0.29) is 23.1 Å². The van der Waals surface area contributed by atoms with E-state index in [0.29, 0.717) is 41.6 Å². The van der Waals surface area contributed by atoms with Crippen LogP contribution in [0.5, 0.6) is 0 Å². The number of piperidine rings is 1. The van der Waals surface area contributed by atoms with Gasteiger partial charge in [-0.2, -0.15) is 10.2 Å². The third kappa shape index (κ3) is 4.60. The molecule has 4 aromatic rings. The number of carbonyl (C=O) groups is 2. The second kappa shape index (κ2) is 9.08. The minimum absolute atomic E-state index is 0.0871. The second-order valence-corrected chi connectivity index (χ2v) is 11.1. The van der Waals surface area contributed by atoms with Crippen molar-refractivity contribution in [2.45, 2.75) is 58.8 Å². The molecule has 0 bridgehead atoms. The molecule has 0 aliphatic carbocycles. The Bertz CT molecular complexity index is 1440. The highest BCUT2D eigenvalue weighted by molar-refractivity contribution is 7.10. The molecule has 1 saturated heterocycles. The Morgan fingerprint density at radius 1 is 1.14 bits per heavy atom. The molecule has 188 valence electrons. The molecule has 0 saturated carbocycles. The molecule has 0 atom stereocenters. The van der Waals surface area contributed by atoms with Crippen LogP contribution in [0.1, 0.15) is 82.6 Å². The maximum atomic E-state index is 13.2. The Morgan fingerprint density at radius 2 is 1.89 bits per heavy atom. The third-order valence-electron chi connectivity index (χ3n) is 6.44. The second-order valence-electron chi connectivity index (χ2n) is 10.2. The van der Waals surface area contributed by atoms with Crippen molar-refractivity contribution in [1.29, 1.82) is 0 Å². The lowest BCUT2D eigenvalue weighted by atomic mass is 9.92. The molecule has 5 rings (SSSR count). The van der Waals surface area contributed by atoms with Gasteiger partial charge in [0.25, 0.3) is 11.8 Å². The summed E-state index contributed by atoms with van der Waals surface area (Å²) in [5.41, 5.74) is 3.70. The number of H-pyrrole nitrogens is 1. The van der Waals surface area contributed by atoms with Crippen LogP contribution in [0.15, 0.2) is 17.5 Å². The van der Waals surface area contributed by atoms with Gasteiger partial charge in [-0.3, -0.25) is 14.7 Å². The van der Waals surface area contributed by atoms with Crippen molar-refractivity contribution in [2.24, 2.45) is 0 Å². The summed E-state index contributed by atoms with van der Waals surface area (Å²) in [6, 6.07) is 3.68. The number of nitrogens with zero attached hydrogens (tertiary/aromatic N) is 7. The molecular weight excluding hydrogens is 478 g/mol. The van der Waals surface area contributed by atoms with Crippen LogP contribution >= 0.6 is 11.3 Å². The van der Waals surface area contributed by atoms with Gasteiger partial charge in [-0.05, 0) is 26.7 Å². The highest BCUT2D eigenvalue weighted by Crippen LogP contribution is 2.31. The normalized spacial score (nSPS) is 15.0. The van der Waals surface area contributed by atoms with E-state index < -0.39 is 0 Å². The summed E-state index contributed by atoms with van der Waals surface area (Å²) in [4.78, 5) is 32.3. The van der Waals surface area contributed by atoms with E-state index >= 15 is 0 Å². The largest absolute Gasteiger partial charge is 0.337 e. The van der Waals surface area contributed by atoms with Crippen molar-refractivity contribution < 1.29 is 9.59 Å². The number of hydrogen-bond donors (Lipinski definition) is 2. The number of aromatic amines is 1. The maximum Gasteiger partial charge on any atom is 0.276 e. The van der Waals surface area contributed by atoms with Crippen LogP contribution in [-0.4, -0.2) is 64.8 Å². The van der Waals surface area contributed by atoms with E-state index in [0.717, 1.165) is 29.2 Å². The van der Waals surface area contributed by atoms with Gasteiger partial charge in [0, 0.05) is 47.6 Å². The summed E-state index contributed by atoms with van der Waals surface area (Å²) in [6.45, 7) is 11.1. The fourth-order valence-corrected chi connectivity index (χ4v) is 5.26. The van der Waals surface area contributed by atoms with Gasteiger partial charge in [-0.25, -0.2) is 9.50 Å². The number of aromatic nitrogens is 7. The van der Waals surface area contributed by atoms with Crippen LogP contribution in [0.4, 0.5) is 5.82 Å². The van der Waals surface area contributed by atoms with Crippen LogP contribution in [-0.2, 0) is 5.41 Å². The molecule has 4 aromatic heterocycles. The van der Waals surface area contributed by atoms with E-state index in [1.165, 1.54) is 11.3 Å². The van der Waals surface area contributed by atoms with Crippen molar-refractivity contribution in [3.63, 3.8) is 0 Å². The number of anilines is 1. The number of thiazole rings is 1. The van der Waals surface area contributed by atoms with E-state index in [4.69, 9.17) is 0 Å². The van der Waals surface area contributed by atoms with Crippen LogP contribution in [0.2, 0.25) is 0 Å². The summed E-state index contributed by atoms with van der Waals surface area (Å²) in [5, 5.41) is 25.4. The van der Waals surface area contributed by atoms with Crippen molar-refractivity contribution in [3.05, 3.63) is 51.0 Å². The smallest absolute Gasteiger partial charge is 0.276 e. The molecule has 1 fully saturated rings. The van der Waals surface area contributed by atoms with Crippen molar-refractivity contribution in [2.75, 3.05) is 18.4 Å². The summed E-state index contributed by atoms with van der Waals surface area (Å²) in [7, 11) is 0. The Morgan fingerprint density at radius 3 is 2.58 bits per heavy atom. The fourth-order valence-electron chi connectivity index (χ4n) is 4.28. The molecule has 2 amide bonds. The summed E-state index contributed by atoms with van der Waals surface area (Å²) in [6.07, 6.45) is 1.54. The van der Waals surface area contributed by atoms with Crippen molar-refractivity contribution >= 4 is 34.6 Å². The maximum absolute atomic E-state index is 13.2. The van der Waals surface area contributed by atoms with Gasteiger partial charge in [-0.1, -0.05) is 20.8 Å². The number of likely N-dealkylation sites (tertiary alicyclic amines) is 1. The molecule has 36 heavy (non-hydrogen) atoms. The van der Waals surface area contributed by atoms with Gasteiger partial charge in [0.15, 0.2) is 17.2 Å². The predicted molar refractivity (Wildman–Crippen MR) is 135 cm³/mol. The lowest BCUT2D eigenvalue weighted by Crippen LogP contribution is -2.39. The highest BCUT2D eigenvalue weighted by Gasteiger charge is 2.29. The Labute approximate surface area is 212 Å². The average Bonchev–Trinajstić information content (AvgIpc) is 3.58. The number of aryl methyl sites for hydroxylation is 2. The number of rotatable bonds is 4. The number of amides is 2. The molecule has 1 aliphatic rings. The number of carbonyl (C=O) groups excluding carboxylic acids is 2.